The van der Waals surface area contributed by atoms with Crippen molar-refractivity contribution in [3.63, 3.8) is 0 Å². The Balaban J connectivity index is 1.46. The molecule has 2 saturated carbocycles. The molecule has 3 aromatic heterocycles. The number of pyridine rings is 1. The largest absolute Gasteiger partial charge is 0.364 e. The van der Waals surface area contributed by atoms with Crippen LogP contribution in [-0.2, 0) is 29.2 Å². The molecule has 2 aliphatic carbocycles. The number of nitrogens with zero attached hydrogens (tertiary/aromatic N) is 5. The van der Waals surface area contributed by atoms with E-state index < -0.39 is 25.8 Å². The Morgan fingerprint density at radius 3 is 2.20 bits per heavy atom. The Morgan fingerprint density at radius 2 is 1.66 bits per heavy atom. The molecule has 10 nitrogen and oxygen atoms in total. The Kier molecular flexibility index (Phi) is 12.7. The van der Waals surface area contributed by atoms with Gasteiger partial charge in [0.25, 0.3) is 5.91 Å². The van der Waals surface area contributed by atoms with Gasteiger partial charge in [-0.2, -0.15) is 14.6 Å². The molecule has 0 aromatic carbocycles. The van der Waals surface area contributed by atoms with Gasteiger partial charge in [0, 0.05) is 43.6 Å². The number of hydrogen-bond acceptors (Lipinski definition) is 6. The summed E-state index contributed by atoms with van der Waals surface area (Å²) in [5.41, 5.74) is 9.42. The third-order valence-corrected chi connectivity index (χ3v) is 12.6. The van der Waals surface area contributed by atoms with E-state index in [1.54, 1.807) is 23.0 Å². The van der Waals surface area contributed by atoms with Crippen molar-refractivity contribution < 1.29 is 18.7 Å². The predicted octanol–water partition coefficient (Wildman–Crippen LogP) is 8.08. The molecule has 0 radical (unpaired) electrons. The first-order valence-electron chi connectivity index (χ1n) is 18.9. The zero-order valence-corrected chi connectivity index (χ0v) is 32.1. The fourth-order valence-electron chi connectivity index (χ4n) is 8.50. The van der Waals surface area contributed by atoms with Crippen LogP contribution in [0.1, 0.15) is 111 Å². The van der Waals surface area contributed by atoms with Crippen LogP contribution >= 0.6 is 0 Å². The van der Waals surface area contributed by atoms with Gasteiger partial charge in [-0.05, 0) is 56.2 Å². The first kappa shape index (κ1) is 37.9. The molecule has 50 heavy (non-hydrogen) atoms. The molecule has 0 saturated heterocycles. The van der Waals surface area contributed by atoms with Gasteiger partial charge in [0.05, 0.1) is 17.8 Å². The minimum atomic E-state index is -1.23. The predicted molar refractivity (Wildman–Crippen MR) is 198 cm³/mol. The van der Waals surface area contributed by atoms with Crippen molar-refractivity contribution in [2.24, 2.45) is 23.5 Å². The van der Waals surface area contributed by atoms with Crippen molar-refractivity contribution in [3.8, 4) is 11.1 Å². The average Bonchev–Trinajstić information content (AvgIpc) is 3.66. The molecule has 0 aliphatic heterocycles. The van der Waals surface area contributed by atoms with Gasteiger partial charge in [0.1, 0.15) is 18.2 Å². The second-order valence-corrected chi connectivity index (χ2v) is 21.2. The number of anilines is 1. The first-order valence-corrected chi connectivity index (χ1v) is 22.6. The number of primary amides is 1. The number of carbonyl (C=O) groups excluding carboxylic acids is 2. The number of aryl methyl sites for hydroxylation is 2. The highest BCUT2D eigenvalue weighted by Crippen LogP contribution is 2.48. The minimum absolute atomic E-state index is 0.0147. The van der Waals surface area contributed by atoms with Crippen molar-refractivity contribution >= 4 is 25.7 Å². The van der Waals surface area contributed by atoms with Gasteiger partial charge >= 0.3 is 0 Å². The minimum Gasteiger partial charge on any atom is -0.364 e. The normalized spacial score (nSPS) is 17.0. The number of aromatic nitrogens is 5. The topological polar surface area (TPSA) is 130 Å². The van der Waals surface area contributed by atoms with Gasteiger partial charge in [0.15, 0.2) is 0 Å². The van der Waals surface area contributed by atoms with Crippen molar-refractivity contribution in [2.45, 2.75) is 136 Å². The van der Waals surface area contributed by atoms with Gasteiger partial charge < -0.3 is 15.8 Å². The molecule has 5 rings (SSSR count). The van der Waals surface area contributed by atoms with E-state index in [0.717, 1.165) is 63.1 Å². The van der Waals surface area contributed by atoms with E-state index in [-0.39, 0.29) is 23.3 Å². The zero-order chi connectivity index (χ0) is 36.0. The molecule has 12 heteroatoms. The van der Waals surface area contributed by atoms with Crippen LogP contribution in [0.5, 0.6) is 0 Å². The van der Waals surface area contributed by atoms with Crippen molar-refractivity contribution in [2.75, 3.05) is 11.9 Å². The summed E-state index contributed by atoms with van der Waals surface area (Å²) in [6, 6.07) is 4.39. The number of rotatable bonds is 15. The van der Waals surface area contributed by atoms with Gasteiger partial charge in [-0.15, -0.1) is 0 Å². The fourth-order valence-corrected chi connectivity index (χ4v) is 9.25. The molecule has 2 aliphatic rings. The summed E-state index contributed by atoms with van der Waals surface area (Å²) >= 11 is 0. The van der Waals surface area contributed by atoms with Crippen molar-refractivity contribution in [1.82, 2.24) is 24.5 Å². The SMILES string of the molecule is CCc1c(-c2ccc(NC(=O)C(c3cnn(CC)c3C(N)=O)C(C3CCCCC3)C3CCCCC3)nc2F)c(C)nn1COCC[Si](C)(C)C. The summed E-state index contributed by atoms with van der Waals surface area (Å²) in [5, 5.41) is 12.2. The lowest BCUT2D eigenvalue weighted by Crippen LogP contribution is -2.39. The third kappa shape index (κ3) is 8.73. The molecule has 3 heterocycles. The standard InChI is InChI=1S/C38H58FN7O3Si/c1-7-30-32(25(3)44-46(30)24-49-21-22-50(4,5)6)28-19-20-31(42-36(28)39)43-38(48)34(29-23-41-45(8-2)35(29)37(40)47)33(26-15-11-9-12-16-26)27-17-13-10-14-18-27/h19-20,23,26-27,33-34H,7-18,21-22,24H2,1-6H3,(H2,40,47)(H,42,43,48). The molecule has 3 N–H and O–H groups in total. The van der Waals surface area contributed by atoms with E-state index in [1.807, 2.05) is 25.5 Å². The molecule has 0 spiro atoms. The fraction of sp³-hybridized carbons (Fsp3) is 0.658. The van der Waals surface area contributed by atoms with Crippen LogP contribution in [0.25, 0.3) is 11.1 Å². The van der Waals surface area contributed by atoms with Crippen LogP contribution < -0.4 is 11.1 Å². The highest BCUT2D eigenvalue weighted by molar-refractivity contribution is 6.76. The first-order chi connectivity index (χ1) is 23.9. The van der Waals surface area contributed by atoms with Crippen LogP contribution in [0.4, 0.5) is 10.2 Å². The number of halogens is 1. The van der Waals surface area contributed by atoms with Crippen LogP contribution in [0, 0.1) is 30.6 Å². The molecule has 0 bridgehead atoms. The lowest BCUT2D eigenvalue weighted by atomic mass is 9.63. The van der Waals surface area contributed by atoms with Crippen LogP contribution in [-0.4, -0.2) is 51.0 Å². The summed E-state index contributed by atoms with van der Waals surface area (Å²) in [6.45, 7) is 14.2. The van der Waals surface area contributed by atoms with Crippen LogP contribution in [0.2, 0.25) is 25.7 Å². The third-order valence-electron chi connectivity index (χ3n) is 10.9. The van der Waals surface area contributed by atoms with Gasteiger partial charge in [-0.3, -0.25) is 14.3 Å². The van der Waals surface area contributed by atoms with Crippen LogP contribution in [0.3, 0.4) is 0 Å². The van der Waals surface area contributed by atoms with E-state index in [1.165, 1.54) is 12.8 Å². The maximum atomic E-state index is 16.0. The number of amides is 2. The monoisotopic (exact) mass is 707 g/mol. The molecular formula is C38H58FN7O3Si. The number of ether oxygens (including phenoxy) is 1. The summed E-state index contributed by atoms with van der Waals surface area (Å²) in [4.78, 5) is 31.8. The Morgan fingerprint density at radius 1 is 1.02 bits per heavy atom. The summed E-state index contributed by atoms with van der Waals surface area (Å²) in [7, 11) is -1.23. The summed E-state index contributed by atoms with van der Waals surface area (Å²) in [5.74, 6) is -1.41. The summed E-state index contributed by atoms with van der Waals surface area (Å²) < 4.78 is 25.4. The maximum Gasteiger partial charge on any atom is 0.267 e. The highest BCUT2D eigenvalue weighted by Gasteiger charge is 2.43. The molecule has 1 atom stereocenters. The molecule has 3 aromatic rings. The van der Waals surface area contributed by atoms with Gasteiger partial charge in [0.2, 0.25) is 11.9 Å². The van der Waals surface area contributed by atoms with Crippen LogP contribution in [0.15, 0.2) is 18.3 Å². The molecule has 274 valence electrons. The van der Waals surface area contributed by atoms with E-state index >= 15 is 4.39 Å². The second kappa shape index (κ2) is 16.8. The maximum absolute atomic E-state index is 16.0. The molecule has 2 amide bonds. The van der Waals surface area contributed by atoms with E-state index in [9.17, 15) is 9.59 Å². The van der Waals surface area contributed by atoms with Gasteiger partial charge in [-0.1, -0.05) is 90.8 Å². The Hall–Kier alpha value is -3.38. The number of carbonyl (C=O) groups is 2. The van der Waals surface area contributed by atoms with Crippen molar-refractivity contribution in [3.05, 3.63) is 46.9 Å². The lowest BCUT2D eigenvalue weighted by molar-refractivity contribution is -0.120. The number of nitrogens with two attached hydrogens (primary N) is 1. The van der Waals surface area contributed by atoms with Crippen molar-refractivity contribution in [1.29, 1.82) is 0 Å². The number of nitrogens with one attached hydrogen (secondary N) is 1. The summed E-state index contributed by atoms with van der Waals surface area (Å²) in [6.07, 6.45) is 13.4. The Bertz CT molecular complexity index is 1600. The highest BCUT2D eigenvalue weighted by atomic mass is 28.3. The quantitative estimate of drug-likeness (QED) is 0.0934. The zero-order valence-electron chi connectivity index (χ0n) is 31.1. The Labute approximate surface area is 298 Å². The van der Waals surface area contributed by atoms with Gasteiger partial charge in [-0.25, -0.2) is 9.67 Å². The lowest BCUT2D eigenvalue weighted by Gasteiger charge is -2.41. The molecule has 1 unspecified atom stereocenters. The van der Waals surface area contributed by atoms with E-state index in [4.69, 9.17) is 15.6 Å². The number of hydrogen-bond donors (Lipinski definition) is 2. The second-order valence-electron chi connectivity index (χ2n) is 15.6. The smallest absolute Gasteiger partial charge is 0.267 e. The average molecular weight is 708 g/mol. The van der Waals surface area contributed by atoms with E-state index in [0.29, 0.717) is 60.5 Å². The molecular weight excluding hydrogens is 650 g/mol. The van der Waals surface area contributed by atoms with E-state index in [2.05, 4.69) is 35.0 Å². The molecule has 2 fully saturated rings.